The lowest BCUT2D eigenvalue weighted by Crippen LogP contribution is -2.45. The van der Waals surface area contributed by atoms with E-state index in [4.69, 9.17) is 15.6 Å². The fourth-order valence-corrected chi connectivity index (χ4v) is 5.22. The second-order valence-corrected chi connectivity index (χ2v) is 13.8. The summed E-state index contributed by atoms with van der Waals surface area (Å²) in [6.45, 7) is 9.31. The molecule has 5 N–H and O–H groups in total. The number of ether oxygens (including phenoxy) is 1. The standard InChI is InChI=1S/C37H44N4O3.C5H9NO3/c1-5-6-7-8-9-22-44-32-20-16-27(17-21-32)30-24-39-35(40-25-30)28-12-10-26(11-13-28)23-33(34(38)42)41-36(43)29-14-18-31(19-15-29)37(2,3)4;1-6-4(7)2-3-5(8)9/h10-21,24-25,33H,5-9,22-23H2,1-4H3,(H2,38,42)(H,41,43);2-3H2,1H3,(H,6,7)(H,8,9). The molecule has 0 aliphatic rings. The van der Waals surface area contributed by atoms with Crippen LogP contribution in [-0.4, -0.2) is 58.5 Å². The molecule has 1 aromatic heterocycles. The van der Waals surface area contributed by atoms with Gasteiger partial charge in [-0.2, -0.15) is 0 Å². The molecule has 3 aromatic carbocycles. The van der Waals surface area contributed by atoms with Crippen molar-refractivity contribution in [1.29, 1.82) is 0 Å². The normalized spacial score (nSPS) is 11.4. The van der Waals surface area contributed by atoms with Gasteiger partial charge in [-0.05, 0) is 52.8 Å². The predicted molar refractivity (Wildman–Crippen MR) is 207 cm³/mol. The van der Waals surface area contributed by atoms with Crippen molar-refractivity contribution in [2.24, 2.45) is 5.73 Å². The first-order valence-corrected chi connectivity index (χ1v) is 18.1. The van der Waals surface area contributed by atoms with E-state index in [0.717, 1.165) is 46.6 Å². The molecule has 282 valence electrons. The van der Waals surface area contributed by atoms with E-state index >= 15 is 0 Å². The van der Waals surface area contributed by atoms with E-state index in [2.05, 4.69) is 48.3 Å². The number of nitrogens with zero attached hydrogens (tertiary/aromatic N) is 2. The van der Waals surface area contributed by atoms with Gasteiger partial charge < -0.3 is 26.2 Å². The topological polar surface area (TPSA) is 174 Å². The number of hydrogen-bond donors (Lipinski definition) is 4. The summed E-state index contributed by atoms with van der Waals surface area (Å²) in [6.07, 6.45) is 9.94. The molecule has 0 saturated carbocycles. The van der Waals surface area contributed by atoms with Gasteiger partial charge in [-0.3, -0.25) is 19.2 Å². The largest absolute Gasteiger partial charge is 0.494 e. The molecule has 0 saturated heterocycles. The number of rotatable bonds is 17. The Hall–Kier alpha value is -5.58. The number of nitrogens with one attached hydrogen (secondary N) is 2. The van der Waals surface area contributed by atoms with E-state index in [-0.39, 0.29) is 36.5 Å². The summed E-state index contributed by atoms with van der Waals surface area (Å²) < 4.78 is 5.88. The third-order valence-electron chi connectivity index (χ3n) is 8.51. The van der Waals surface area contributed by atoms with Gasteiger partial charge in [0.15, 0.2) is 5.82 Å². The number of hydrogen-bond acceptors (Lipinski definition) is 7. The number of benzene rings is 3. The zero-order chi connectivity index (χ0) is 38.8. The van der Waals surface area contributed by atoms with E-state index in [1.54, 1.807) is 12.1 Å². The fourth-order valence-electron chi connectivity index (χ4n) is 5.22. The lowest BCUT2D eigenvalue weighted by atomic mass is 9.86. The molecule has 0 aliphatic carbocycles. The Bertz CT molecular complexity index is 1750. The van der Waals surface area contributed by atoms with Gasteiger partial charge in [0.25, 0.3) is 5.91 Å². The smallest absolute Gasteiger partial charge is 0.303 e. The van der Waals surface area contributed by atoms with Gasteiger partial charge in [0.05, 0.1) is 13.0 Å². The molecular formula is C42H53N5O6. The molecule has 1 unspecified atom stereocenters. The molecule has 4 aromatic rings. The van der Waals surface area contributed by atoms with Crippen LogP contribution in [0.4, 0.5) is 0 Å². The molecule has 4 rings (SSSR count). The summed E-state index contributed by atoms with van der Waals surface area (Å²) in [5.74, 6) is -0.637. The summed E-state index contributed by atoms with van der Waals surface area (Å²) in [7, 11) is 1.48. The van der Waals surface area contributed by atoms with Crippen LogP contribution >= 0.6 is 0 Å². The molecule has 3 amide bonds. The number of primary amides is 1. The summed E-state index contributed by atoms with van der Waals surface area (Å²) in [5, 5.41) is 13.2. The first-order valence-electron chi connectivity index (χ1n) is 18.1. The number of nitrogens with two attached hydrogens (primary N) is 1. The maximum Gasteiger partial charge on any atom is 0.303 e. The summed E-state index contributed by atoms with van der Waals surface area (Å²) >= 11 is 0. The highest BCUT2D eigenvalue weighted by atomic mass is 16.5. The summed E-state index contributed by atoms with van der Waals surface area (Å²) in [6, 6.07) is 22.2. The monoisotopic (exact) mass is 723 g/mol. The lowest BCUT2D eigenvalue weighted by Gasteiger charge is -2.19. The number of carboxylic acids is 1. The van der Waals surface area contributed by atoms with Crippen molar-refractivity contribution in [2.75, 3.05) is 13.7 Å². The van der Waals surface area contributed by atoms with Gasteiger partial charge in [-0.15, -0.1) is 0 Å². The van der Waals surface area contributed by atoms with Gasteiger partial charge in [-0.25, -0.2) is 9.97 Å². The van der Waals surface area contributed by atoms with Crippen LogP contribution in [0.15, 0.2) is 85.2 Å². The molecule has 1 heterocycles. The second kappa shape index (κ2) is 21.1. The van der Waals surface area contributed by atoms with Crippen LogP contribution in [0.3, 0.4) is 0 Å². The number of carboxylic acid groups (broad SMARTS) is 1. The van der Waals surface area contributed by atoms with Gasteiger partial charge in [0.1, 0.15) is 11.8 Å². The molecular weight excluding hydrogens is 670 g/mol. The van der Waals surface area contributed by atoms with Gasteiger partial charge >= 0.3 is 5.97 Å². The molecule has 0 aliphatic heterocycles. The Balaban J connectivity index is 0.000000743. The highest BCUT2D eigenvalue weighted by molar-refractivity contribution is 5.97. The van der Waals surface area contributed by atoms with Gasteiger partial charge in [0, 0.05) is 49.0 Å². The van der Waals surface area contributed by atoms with E-state index in [9.17, 15) is 19.2 Å². The average molecular weight is 724 g/mol. The number of unbranched alkanes of at least 4 members (excludes halogenated alkanes) is 4. The zero-order valence-corrected chi connectivity index (χ0v) is 31.5. The molecule has 11 nitrogen and oxygen atoms in total. The third-order valence-corrected chi connectivity index (χ3v) is 8.51. The van der Waals surface area contributed by atoms with Crippen molar-refractivity contribution in [1.82, 2.24) is 20.6 Å². The van der Waals surface area contributed by atoms with E-state index in [1.807, 2.05) is 73.1 Å². The van der Waals surface area contributed by atoms with Crippen LogP contribution in [0.2, 0.25) is 0 Å². The van der Waals surface area contributed by atoms with E-state index in [1.165, 1.54) is 32.7 Å². The Morgan fingerprint density at radius 3 is 1.94 bits per heavy atom. The predicted octanol–water partition coefficient (Wildman–Crippen LogP) is 6.88. The fraction of sp³-hybridized carbons (Fsp3) is 0.381. The lowest BCUT2D eigenvalue weighted by molar-refractivity contribution is -0.138. The zero-order valence-electron chi connectivity index (χ0n) is 31.5. The van der Waals surface area contributed by atoms with E-state index in [0.29, 0.717) is 11.4 Å². The first-order chi connectivity index (χ1) is 25.3. The number of aliphatic carboxylic acids is 1. The minimum Gasteiger partial charge on any atom is -0.494 e. The van der Waals surface area contributed by atoms with E-state index < -0.39 is 17.9 Å². The maximum absolute atomic E-state index is 12.8. The Morgan fingerprint density at radius 1 is 0.792 bits per heavy atom. The van der Waals surface area contributed by atoms with Crippen molar-refractivity contribution >= 4 is 23.7 Å². The van der Waals surface area contributed by atoms with Crippen LogP contribution in [0, 0.1) is 0 Å². The molecule has 53 heavy (non-hydrogen) atoms. The second-order valence-electron chi connectivity index (χ2n) is 13.8. The molecule has 11 heteroatoms. The van der Waals surface area contributed by atoms with Crippen LogP contribution in [0.5, 0.6) is 5.75 Å². The van der Waals surface area contributed by atoms with Gasteiger partial charge in [-0.1, -0.05) is 102 Å². The van der Waals surface area contributed by atoms with Crippen LogP contribution < -0.4 is 21.1 Å². The third kappa shape index (κ3) is 14.5. The molecule has 0 radical (unpaired) electrons. The maximum atomic E-state index is 12.8. The molecule has 1 atom stereocenters. The van der Waals surface area contributed by atoms with Gasteiger partial charge in [0.2, 0.25) is 11.8 Å². The highest BCUT2D eigenvalue weighted by Crippen LogP contribution is 2.24. The Kier molecular flexibility index (Phi) is 16.6. The summed E-state index contributed by atoms with van der Waals surface area (Å²) in [4.78, 5) is 54.3. The van der Waals surface area contributed by atoms with Crippen LogP contribution in [0.25, 0.3) is 22.5 Å². The van der Waals surface area contributed by atoms with Crippen molar-refractivity contribution < 1.29 is 29.0 Å². The molecule has 0 fully saturated rings. The van der Waals surface area contributed by atoms with Crippen molar-refractivity contribution in [3.8, 4) is 28.3 Å². The number of aromatic nitrogens is 2. The molecule has 0 bridgehead atoms. The van der Waals surface area contributed by atoms with Crippen molar-refractivity contribution in [2.45, 2.75) is 90.5 Å². The van der Waals surface area contributed by atoms with Crippen LogP contribution in [-0.2, 0) is 26.2 Å². The highest BCUT2D eigenvalue weighted by Gasteiger charge is 2.21. The number of carbonyl (C=O) groups excluding carboxylic acids is 3. The Labute approximate surface area is 312 Å². The Morgan fingerprint density at radius 2 is 1.40 bits per heavy atom. The minimum atomic E-state index is -0.946. The first kappa shape index (κ1) is 41.8. The minimum absolute atomic E-state index is 0.0152. The SMILES string of the molecule is CCCCCCCOc1ccc(-c2cnc(-c3ccc(CC(NC(=O)c4ccc(C(C)(C)C)cc4)C(N)=O)cc3)nc2)cc1.CNC(=O)CCC(=O)O. The van der Waals surface area contributed by atoms with Crippen molar-refractivity contribution in [3.05, 3.63) is 102 Å². The quantitative estimate of drug-likeness (QED) is 0.0854. The number of carbonyl (C=O) groups is 4. The van der Waals surface area contributed by atoms with Crippen molar-refractivity contribution in [3.63, 3.8) is 0 Å². The molecule has 0 spiro atoms. The van der Waals surface area contributed by atoms with Crippen LogP contribution in [0.1, 0.15) is 94.1 Å². The summed E-state index contributed by atoms with van der Waals surface area (Å²) in [5.41, 5.74) is 10.9. The average Bonchev–Trinajstić information content (AvgIpc) is 3.15. The number of amides is 3.